The fourth-order valence-corrected chi connectivity index (χ4v) is 3.38. The zero-order valence-corrected chi connectivity index (χ0v) is 17.1. The molecule has 31 heavy (non-hydrogen) atoms. The summed E-state index contributed by atoms with van der Waals surface area (Å²) in [7, 11) is 1.38. The van der Waals surface area contributed by atoms with Crippen LogP contribution in [-0.4, -0.2) is 59.3 Å². The molecule has 0 bridgehead atoms. The summed E-state index contributed by atoms with van der Waals surface area (Å²) < 4.78 is 46.2. The van der Waals surface area contributed by atoms with Crippen LogP contribution >= 0.6 is 11.6 Å². The number of aromatic nitrogens is 2. The topological polar surface area (TPSA) is 84.4 Å². The lowest BCUT2D eigenvalue weighted by molar-refractivity contribution is -0.159. The van der Waals surface area contributed by atoms with Gasteiger partial charge in [0.05, 0.1) is 18.8 Å². The van der Waals surface area contributed by atoms with E-state index in [0.717, 1.165) is 12.1 Å². The van der Waals surface area contributed by atoms with E-state index in [1.165, 1.54) is 30.1 Å². The molecule has 3 heterocycles. The highest BCUT2D eigenvalue weighted by molar-refractivity contribution is 6.29. The minimum Gasteiger partial charge on any atom is -0.361 e. The number of pyridine rings is 2. The molecule has 0 unspecified atom stereocenters. The van der Waals surface area contributed by atoms with Gasteiger partial charge in [-0.25, -0.2) is 18.7 Å². The van der Waals surface area contributed by atoms with Gasteiger partial charge in [-0.15, -0.1) is 0 Å². The highest BCUT2D eigenvalue weighted by atomic mass is 35.5. The Morgan fingerprint density at radius 3 is 2.68 bits per heavy atom. The number of nitrogens with one attached hydrogen (secondary N) is 1. The molecule has 164 valence electrons. The summed E-state index contributed by atoms with van der Waals surface area (Å²) in [6, 6.07) is 5.27. The van der Waals surface area contributed by atoms with Crippen molar-refractivity contribution in [2.75, 3.05) is 20.1 Å². The molecule has 2 aromatic heterocycles. The van der Waals surface area contributed by atoms with Gasteiger partial charge in [0.1, 0.15) is 23.1 Å². The van der Waals surface area contributed by atoms with Gasteiger partial charge in [0.2, 0.25) is 11.9 Å². The van der Waals surface area contributed by atoms with Gasteiger partial charge in [0, 0.05) is 18.7 Å². The van der Waals surface area contributed by atoms with Crippen LogP contribution in [0.3, 0.4) is 0 Å². The van der Waals surface area contributed by atoms with Crippen molar-refractivity contribution in [3.05, 3.63) is 59.3 Å². The van der Waals surface area contributed by atoms with E-state index >= 15 is 0 Å². The van der Waals surface area contributed by atoms with E-state index < -0.39 is 36.4 Å². The summed E-state index contributed by atoms with van der Waals surface area (Å²) >= 11 is 6.11. The molecule has 3 rings (SSSR count). The maximum Gasteiger partial charge on any atom is 0.269 e. The minimum absolute atomic E-state index is 0.00409. The Hall–Kier alpha value is -2.98. The molecule has 0 aliphatic carbocycles. The van der Waals surface area contributed by atoms with Gasteiger partial charge in [-0.3, -0.25) is 9.59 Å². The quantitative estimate of drug-likeness (QED) is 0.554. The van der Waals surface area contributed by atoms with Crippen molar-refractivity contribution in [2.45, 2.75) is 18.6 Å². The van der Waals surface area contributed by atoms with Crippen molar-refractivity contribution in [2.24, 2.45) is 0 Å². The Balaban J connectivity index is 2.00. The standard InChI is InChI=1S/C20H18ClF3N4O3/c1-3-18(29)28-8-14(31-15(9-28)19(23)24)11-5-12(26-16(21)6-11)10-4-13(20(30)25-2)27-17(22)7-10/h3-7,14-15,19H,1,8-9H2,2H3,(H,25,30)/t14-,15+/m1/s1. The zero-order valence-electron chi connectivity index (χ0n) is 16.3. The van der Waals surface area contributed by atoms with Gasteiger partial charge < -0.3 is 15.0 Å². The second-order valence-corrected chi connectivity index (χ2v) is 7.08. The number of hydrogen-bond donors (Lipinski definition) is 1. The molecule has 2 amide bonds. The van der Waals surface area contributed by atoms with Gasteiger partial charge in [-0.2, -0.15) is 4.39 Å². The van der Waals surface area contributed by atoms with Crippen LogP contribution in [0.4, 0.5) is 13.2 Å². The number of alkyl halides is 2. The molecular formula is C20H18ClF3N4O3. The van der Waals surface area contributed by atoms with Gasteiger partial charge in [-0.05, 0) is 29.8 Å². The lowest BCUT2D eigenvalue weighted by Gasteiger charge is -2.37. The minimum atomic E-state index is -2.82. The second kappa shape index (κ2) is 9.44. The van der Waals surface area contributed by atoms with Crippen LogP contribution in [-0.2, 0) is 9.53 Å². The average Bonchev–Trinajstić information content (AvgIpc) is 2.76. The van der Waals surface area contributed by atoms with Gasteiger partial charge in [0.25, 0.3) is 12.3 Å². The fourth-order valence-electron chi connectivity index (χ4n) is 3.16. The number of nitrogens with zero attached hydrogens (tertiary/aromatic N) is 3. The van der Waals surface area contributed by atoms with Crippen molar-refractivity contribution < 1.29 is 27.5 Å². The van der Waals surface area contributed by atoms with E-state index in [0.29, 0.717) is 5.56 Å². The molecule has 0 radical (unpaired) electrons. The van der Waals surface area contributed by atoms with E-state index in [1.54, 1.807) is 0 Å². The third kappa shape index (κ3) is 5.20. The molecule has 2 aromatic rings. The lowest BCUT2D eigenvalue weighted by Crippen LogP contribution is -2.48. The normalized spacial score (nSPS) is 18.7. The van der Waals surface area contributed by atoms with Crippen LogP contribution in [0.15, 0.2) is 36.9 Å². The Labute approximate surface area is 180 Å². The van der Waals surface area contributed by atoms with Crippen LogP contribution in [0.2, 0.25) is 5.15 Å². The number of rotatable bonds is 5. The predicted molar refractivity (Wildman–Crippen MR) is 106 cm³/mol. The first-order valence-electron chi connectivity index (χ1n) is 9.14. The van der Waals surface area contributed by atoms with E-state index in [9.17, 15) is 22.8 Å². The molecule has 1 fully saturated rings. The Bertz CT molecular complexity index is 1020. The van der Waals surface area contributed by atoms with Crippen LogP contribution < -0.4 is 5.32 Å². The number of carbonyl (C=O) groups excluding carboxylic acids is 2. The molecule has 11 heteroatoms. The van der Waals surface area contributed by atoms with Crippen LogP contribution in [0.25, 0.3) is 11.3 Å². The van der Waals surface area contributed by atoms with Crippen molar-refractivity contribution in [3.63, 3.8) is 0 Å². The van der Waals surface area contributed by atoms with Crippen molar-refractivity contribution in [1.82, 2.24) is 20.2 Å². The summed E-state index contributed by atoms with van der Waals surface area (Å²) in [5.41, 5.74) is 0.574. The van der Waals surface area contributed by atoms with E-state index in [4.69, 9.17) is 16.3 Å². The third-order valence-electron chi connectivity index (χ3n) is 4.63. The van der Waals surface area contributed by atoms with Crippen LogP contribution in [0.5, 0.6) is 0 Å². The number of morpholine rings is 1. The monoisotopic (exact) mass is 454 g/mol. The van der Waals surface area contributed by atoms with Crippen molar-refractivity contribution >= 4 is 23.4 Å². The smallest absolute Gasteiger partial charge is 0.269 e. The first-order chi connectivity index (χ1) is 14.7. The SMILES string of the molecule is C=CC(=O)N1C[C@@H](C(F)F)O[C@@H](c2cc(Cl)nc(-c3cc(F)nc(C(=O)NC)c3)c2)C1. The van der Waals surface area contributed by atoms with Crippen LogP contribution in [0.1, 0.15) is 22.2 Å². The largest absolute Gasteiger partial charge is 0.361 e. The molecule has 7 nitrogen and oxygen atoms in total. The lowest BCUT2D eigenvalue weighted by atomic mass is 10.0. The predicted octanol–water partition coefficient (Wildman–Crippen LogP) is 3.02. The maximum absolute atomic E-state index is 14.0. The highest BCUT2D eigenvalue weighted by Gasteiger charge is 2.36. The molecular weight excluding hydrogens is 437 g/mol. The summed E-state index contributed by atoms with van der Waals surface area (Å²) in [4.78, 5) is 32.7. The molecule has 0 spiro atoms. The highest BCUT2D eigenvalue weighted by Crippen LogP contribution is 2.32. The zero-order chi connectivity index (χ0) is 22.7. The Kier molecular flexibility index (Phi) is 6.91. The summed E-state index contributed by atoms with van der Waals surface area (Å²) in [6.45, 7) is 3.09. The first-order valence-corrected chi connectivity index (χ1v) is 9.52. The fraction of sp³-hybridized carbons (Fsp3) is 0.300. The maximum atomic E-state index is 14.0. The van der Waals surface area contributed by atoms with E-state index in [1.807, 2.05) is 0 Å². The number of amides is 2. The molecule has 1 saturated heterocycles. The van der Waals surface area contributed by atoms with Crippen LogP contribution in [0, 0.1) is 5.95 Å². The summed E-state index contributed by atoms with van der Waals surface area (Å²) in [6.07, 6.45) is -4.21. The van der Waals surface area contributed by atoms with Crippen molar-refractivity contribution in [3.8, 4) is 11.3 Å². The number of ether oxygens (including phenoxy) is 1. The molecule has 1 aliphatic heterocycles. The van der Waals surface area contributed by atoms with E-state index in [2.05, 4.69) is 21.9 Å². The first kappa shape index (κ1) is 22.7. The van der Waals surface area contributed by atoms with Crippen molar-refractivity contribution in [1.29, 1.82) is 0 Å². The summed E-state index contributed by atoms with van der Waals surface area (Å²) in [5, 5.41) is 2.34. The number of carbonyl (C=O) groups is 2. The number of halogens is 4. The van der Waals surface area contributed by atoms with E-state index in [-0.39, 0.29) is 35.2 Å². The Morgan fingerprint density at radius 2 is 2.03 bits per heavy atom. The molecule has 0 saturated carbocycles. The summed E-state index contributed by atoms with van der Waals surface area (Å²) in [5.74, 6) is -2.02. The van der Waals surface area contributed by atoms with Gasteiger partial charge in [-0.1, -0.05) is 18.2 Å². The molecule has 1 aliphatic rings. The second-order valence-electron chi connectivity index (χ2n) is 6.70. The third-order valence-corrected chi connectivity index (χ3v) is 4.82. The average molecular weight is 455 g/mol. The Morgan fingerprint density at radius 1 is 1.29 bits per heavy atom. The molecule has 2 atom stereocenters. The van der Waals surface area contributed by atoms with Gasteiger partial charge in [0.15, 0.2) is 0 Å². The molecule has 1 N–H and O–H groups in total. The van der Waals surface area contributed by atoms with Gasteiger partial charge >= 0.3 is 0 Å². The molecule has 0 aromatic carbocycles. The number of hydrogen-bond acceptors (Lipinski definition) is 5.